The second kappa shape index (κ2) is 6.67. The molecule has 1 atom stereocenters. The number of carbonyl (C=O) groups excluding carboxylic acids is 1. The number of piperidine rings is 1. The topological polar surface area (TPSA) is 107 Å². The smallest absolute Gasteiger partial charge is 0.243 e. The largest absolute Gasteiger partial charge is 0.356 e. The Morgan fingerprint density at radius 2 is 2.04 bits per heavy atom. The van der Waals surface area contributed by atoms with Crippen LogP contribution in [0.15, 0.2) is 43.5 Å². The highest BCUT2D eigenvalue weighted by atomic mass is 16.2. The lowest BCUT2D eigenvalue weighted by atomic mass is 9.97. The van der Waals surface area contributed by atoms with Crippen molar-refractivity contribution in [1.82, 2.24) is 34.6 Å². The molecule has 1 aliphatic rings. The minimum absolute atomic E-state index is 0.0501. The van der Waals surface area contributed by atoms with Crippen LogP contribution in [0.4, 0.5) is 5.82 Å². The molecule has 128 valence electrons. The van der Waals surface area contributed by atoms with Crippen LogP contribution in [0, 0.1) is 5.92 Å². The van der Waals surface area contributed by atoms with E-state index in [-0.39, 0.29) is 11.8 Å². The second-order valence-electron chi connectivity index (χ2n) is 5.82. The Bertz CT molecular complexity index is 831. The van der Waals surface area contributed by atoms with E-state index in [1.807, 2.05) is 18.3 Å². The fraction of sp³-hybridized carbons (Fsp3) is 0.333. The fourth-order valence-corrected chi connectivity index (χ4v) is 2.92. The van der Waals surface area contributed by atoms with Gasteiger partial charge in [-0.2, -0.15) is 5.10 Å². The van der Waals surface area contributed by atoms with Crippen LogP contribution in [-0.4, -0.2) is 53.6 Å². The van der Waals surface area contributed by atoms with Crippen molar-refractivity contribution in [2.75, 3.05) is 23.4 Å². The van der Waals surface area contributed by atoms with Crippen molar-refractivity contribution in [2.45, 2.75) is 12.8 Å². The van der Waals surface area contributed by atoms with Gasteiger partial charge in [-0.15, -0.1) is 10.2 Å². The summed E-state index contributed by atoms with van der Waals surface area (Å²) < 4.78 is 3.15. The van der Waals surface area contributed by atoms with Crippen molar-refractivity contribution in [3.63, 3.8) is 0 Å². The molecule has 1 N–H and O–H groups in total. The van der Waals surface area contributed by atoms with E-state index in [0.29, 0.717) is 12.4 Å². The van der Waals surface area contributed by atoms with Crippen LogP contribution >= 0.6 is 0 Å². The van der Waals surface area contributed by atoms with Crippen molar-refractivity contribution >= 4 is 11.7 Å². The number of rotatable bonds is 4. The molecule has 1 saturated heterocycles. The Balaban J connectivity index is 1.48. The van der Waals surface area contributed by atoms with E-state index < -0.39 is 0 Å². The SMILES string of the molecule is O=C(Nn1cnnc1)C1CCCN(c2cc(-n3cccn3)ncn2)C1. The third-order valence-electron chi connectivity index (χ3n) is 4.15. The first kappa shape index (κ1) is 15.2. The lowest BCUT2D eigenvalue weighted by Gasteiger charge is -2.32. The summed E-state index contributed by atoms with van der Waals surface area (Å²) in [5, 5.41) is 11.5. The third-order valence-corrected chi connectivity index (χ3v) is 4.15. The molecule has 10 heteroatoms. The van der Waals surface area contributed by atoms with Crippen molar-refractivity contribution in [1.29, 1.82) is 0 Å². The highest BCUT2D eigenvalue weighted by Crippen LogP contribution is 2.22. The van der Waals surface area contributed by atoms with Gasteiger partial charge in [0.05, 0.1) is 5.92 Å². The number of hydrogen-bond donors (Lipinski definition) is 1. The van der Waals surface area contributed by atoms with Gasteiger partial charge in [0.25, 0.3) is 0 Å². The predicted molar refractivity (Wildman–Crippen MR) is 88.5 cm³/mol. The van der Waals surface area contributed by atoms with E-state index in [1.165, 1.54) is 23.7 Å². The maximum Gasteiger partial charge on any atom is 0.243 e. The van der Waals surface area contributed by atoms with Gasteiger partial charge in [0, 0.05) is 31.5 Å². The number of nitrogens with zero attached hydrogens (tertiary/aromatic N) is 8. The molecule has 10 nitrogen and oxygen atoms in total. The first-order chi connectivity index (χ1) is 12.3. The van der Waals surface area contributed by atoms with Gasteiger partial charge in [0.2, 0.25) is 5.91 Å². The summed E-state index contributed by atoms with van der Waals surface area (Å²) in [7, 11) is 0. The summed E-state index contributed by atoms with van der Waals surface area (Å²) in [6.07, 6.45) is 9.72. The maximum absolute atomic E-state index is 12.4. The van der Waals surface area contributed by atoms with Crippen LogP contribution in [0.3, 0.4) is 0 Å². The highest BCUT2D eigenvalue weighted by Gasteiger charge is 2.27. The Kier molecular flexibility index (Phi) is 4.07. The molecule has 0 aromatic carbocycles. The van der Waals surface area contributed by atoms with Crippen LogP contribution in [0.2, 0.25) is 0 Å². The molecule has 1 unspecified atom stereocenters. The average molecular weight is 339 g/mol. The van der Waals surface area contributed by atoms with Crippen molar-refractivity contribution in [3.05, 3.63) is 43.5 Å². The van der Waals surface area contributed by atoms with E-state index in [1.54, 1.807) is 10.9 Å². The molecular weight excluding hydrogens is 322 g/mol. The monoisotopic (exact) mass is 339 g/mol. The molecule has 0 aliphatic carbocycles. The van der Waals surface area contributed by atoms with Gasteiger partial charge in [-0.3, -0.25) is 10.2 Å². The van der Waals surface area contributed by atoms with Crippen LogP contribution in [0.1, 0.15) is 12.8 Å². The number of anilines is 1. The van der Waals surface area contributed by atoms with Gasteiger partial charge >= 0.3 is 0 Å². The molecule has 0 spiro atoms. The summed E-state index contributed by atoms with van der Waals surface area (Å²) in [4.78, 5) is 23.1. The molecule has 1 fully saturated rings. The molecule has 3 aromatic heterocycles. The molecule has 0 saturated carbocycles. The second-order valence-corrected chi connectivity index (χ2v) is 5.82. The zero-order chi connectivity index (χ0) is 17.1. The Morgan fingerprint density at radius 3 is 2.84 bits per heavy atom. The summed E-state index contributed by atoms with van der Waals surface area (Å²) in [5.41, 5.74) is 2.78. The Morgan fingerprint density at radius 1 is 1.20 bits per heavy atom. The van der Waals surface area contributed by atoms with Crippen LogP contribution < -0.4 is 10.3 Å². The van der Waals surface area contributed by atoms with E-state index in [4.69, 9.17) is 0 Å². The zero-order valence-corrected chi connectivity index (χ0v) is 13.4. The maximum atomic E-state index is 12.4. The van der Waals surface area contributed by atoms with Gasteiger partial charge in [-0.25, -0.2) is 19.3 Å². The number of carbonyl (C=O) groups is 1. The number of aromatic nitrogens is 7. The number of amides is 1. The number of nitrogens with one attached hydrogen (secondary N) is 1. The molecule has 4 heterocycles. The van der Waals surface area contributed by atoms with Gasteiger partial charge in [-0.05, 0) is 18.9 Å². The minimum atomic E-state index is -0.126. The normalized spacial score (nSPS) is 17.4. The predicted octanol–water partition coefficient (Wildman–Crippen LogP) is 0.240. The van der Waals surface area contributed by atoms with Gasteiger partial charge in [0.15, 0.2) is 5.82 Å². The first-order valence-electron chi connectivity index (χ1n) is 8.02. The van der Waals surface area contributed by atoms with Crippen LogP contribution in [0.25, 0.3) is 5.82 Å². The van der Waals surface area contributed by atoms with E-state index in [2.05, 4.69) is 35.6 Å². The molecule has 3 aromatic rings. The van der Waals surface area contributed by atoms with E-state index in [0.717, 1.165) is 25.2 Å². The van der Waals surface area contributed by atoms with Gasteiger partial charge < -0.3 is 4.90 Å². The molecule has 1 amide bonds. The highest BCUT2D eigenvalue weighted by molar-refractivity contribution is 5.86. The Labute approximate surface area is 143 Å². The van der Waals surface area contributed by atoms with Gasteiger partial charge in [-0.1, -0.05) is 0 Å². The lowest BCUT2D eigenvalue weighted by molar-refractivity contribution is -0.121. The molecule has 4 rings (SSSR count). The molecule has 1 aliphatic heterocycles. The minimum Gasteiger partial charge on any atom is -0.356 e. The molecule has 25 heavy (non-hydrogen) atoms. The zero-order valence-electron chi connectivity index (χ0n) is 13.4. The summed E-state index contributed by atoms with van der Waals surface area (Å²) in [5.74, 6) is 1.32. The van der Waals surface area contributed by atoms with Crippen LogP contribution in [0.5, 0.6) is 0 Å². The fourth-order valence-electron chi connectivity index (χ4n) is 2.92. The summed E-state index contributed by atoms with van der Waals surface area (Å²) in [6.45, 7) is 1.45. The average Bonchev–Trinajstić information content (AvgIpc) is 3.36. The van der Waals surface area contributed by atoms with Gasteiger partial charge in [0.1, 0.15) is 24.8 Å². The molecule has 0 radical (unpaired) electrons. The Hall–Kier alpha value is -3.30. The van der Waals surface area contributed by atoms with Crippen molar-refractivity contribution < 1.29 is 4.79 Å². The van der Waals surface area contributed by atoms with Crippen molar-refractivity contribution in [2.24, 2.45) is 5.92 Å². The summed E-state index contributed by atoms with van der Waals surface area (Å²) >= 11 is 0. The lowest BCUT2D eigenvalue weighted by Crippen LogP contribution is -2.42. The first-order valence-corrected chi connectivity index (χ1v) is 8.02. The molecule has 0 bridgehead atoms. The quantitative estimate of drug-likeness (QED) is 0.725. The molecular formula is C15H17N9O. The van der Waals surface area contributed by atoms with E-state index >= 15 is 0 Å². The van der Waals surface area contributed by atoms with Crippen molar-refractivity contribution in [3.8, 4) is 5.82 Å². The summed E-state index contributed by atoms with van der Waals surface area (Å²) in [6, 6.07) is 3.72. The standard InChI is InChI=1S/C15H17N9O/c25-15(21-23-10-18-19-11-23)12-3-1-5-22(8-12)13-7-14(17-9-16-13)24-6-2-4-20-24/h2,4,6-7,9-12H,1,3,5,8H2,(H,21,25). The number of hydrogen-bond acceptors (Lipinski definition) is 7. The third kappa shape index (κ3) is 3.32. The van der Waals surface area contributed by atoms with Crippen LogP contribution in [-0.2, 0) is 4.79 Å². The van der Waals surface area contributed by atoms with E-state index in [9.17, 15) is 4.79 Å².